The van der Waals surface area contributed by atoms with Gasteiger partial charge >= 0.3 is 0 Å². The van der Waals surface area contributed by atoms with Gasteiger partial charge in [0.25, 0.3) is 5.69 Å². The summed E-state index contributed by atoms with van der Waals surface area (Å²) in [6.45, 7) is 4.31. The molecule has 2 aliphatic carbocycles. The molecule has 0 bridgehead atoms. The first kappa shape index (κ1) is 31.4. The van der Waals surface area contributed by atoms with E-state index in [1.807, 2.05) is 6.07 Å². The molecule has 0 saturated carbocycles. The molecule has 0 amide bonds. The molecule has 5 nitrogen and oxygen atoms in total. The van der Waals surface area contributed by atoms with E-state index in [0.29, 0.717) is 0 Å². The molecule has 2 N–H and O–H groups in total. The summed E-state index contributed by atoms with van der Waals surface area (Å²) in [5.74, 6) is 0. The van der Waals surface area contributed by atoms with Crippen LogP contribution < -0.4 is 0 Å². The summed E-state index contributed by atoms with van der Waals surface area (Å²) in [5, 5.41) is 10.9. The van der Waals surface area contributed by atoms with Crippen molar-refractivity contribution < 1.29 is 93.0 Å². The Bertz CT molecular complexity index is 948. The average Bonchev–Trinajstić information content (AvgIpc) is 2.78. The van der Waals surface area contributed by atoms with Gasteiger partial charge in [0, 0.05) is 94.2 Å². The number of benzene rings is 2. The molecule has 174 valence electrons. The number of rotatable bonds is 5. The zero-order valence-electron chi connectivity index (χ0n) is 20.1. The van der Waals surface area contributed by atoms with Gasteiger partial charge < -0.3 is 11.5 Å². The minimum Gasteiger partial charge on any atom is -0.698 e. The van der Waals surface area contributed by atoms with Gasteiger partial charge in [-0.25, -0.2) is 0 Å². The van der Waals surface area contributed by atoms with Crippen molar-refractivity contribution in [2.45, 2.75) is 90.9 Å². The number of fused-ring (bicyclic) bond motifs is 2. The zero-order valence-corrected chi connectivity index (χ0v) is 29.6. The van der Waals surface area contributed by atoms with Crippen LogP contribution in [-0.4, -0.2) is 4.92 Å². The third-order valence-electron chi connectivity index (χ3n) is 6.59. The first-order valence-electron chi connectivity index (χ1n) is 11.9. The maximum absolute atomic E-state index is 10.9. The SMILES string of the molecule is CCCc1cc([N+](=O)[O-])c([NH-])c2c1CCCC2.CCCc1ccc([NH-])c2c1CCCC2.[Ac].[Ac]. The van der Waals surface area contributed by atoms with E-state index >= 15 is 0 Å². The molecule has 0 heterocycles. The van der Waals surface area contributed by atoms with Crippen LogP contribution >= 0.6 is 0 Å². The van der Waals surface area contributed by atoms with Gasteiger partial charge in [-0.2, -0.15) is 0 Å². The molecule has 4 rings (SSSR count). The maximum atomic E-state index is 10.9. The molecule has 0 saturated heterocycles. The van der Waals surface area contributed by atoms with E-state index in [9.17, 15) is 10.1 Å². The monoisotopic (exact) mass is 875 g/mol. The average molecular weight is 876 g/mol. The number of nitrogens with one attached hydrogen (secondary N) is 2. The van der Waals surface area contributed by atoms with Crippen molar-refractivity contribution in [3.8, 4) is 0 Å². The van der Waals surface area contributed by atoms with Crippen LogP contribution in [0.15, 0.2) is 18.2 Å². The Morgan fingerprint density at radius 3 is 1.82 bits per heavy atom. The van der Waals surface area contributed by atoms with Gasteiger partial charge in [0.05, 0.1) is 4.92 Å². The Kier molecular flexibility index (Phi) is 14.7. The van der Waals surface area contributed by atoms with Crippen molar-refractivity contribution >= 4 is 17.1 Å². The minimum atomic E-state index is -0.420. The molecular weight excluding hydrogens is 840 g/mol. The quantitative estimate of drug-likeness (QED) is 0.224. The van der Waals surface area contributed by atoms with Gasteiger partial charge in [0.15, 0.2) is 0 Å². The summed E-state index contributed by atoms with van der Waals surface area (Å²) in [6.07, 6.45) is 13.2. The Balaban J connectivity index is 0.000000316. The number of hydrogen-bond acceptors (Lipinski definition) is 2. The molecule has 7 heteroatoms. The van der Waals surface area contributed by atoms with Crippen LogP contribution in [0, 0.1) is 98.2 Å². The van der Waals surface area contributed by atoms with Gasteiger partial charge in [-0.1, -0.05) is 55.6 Å². The second-order valence-electron chi connectivity index (χ2n) is 8.79. The van der Waals surface area contributed by atoms with Crippen LogP contribution in [0.25, 0.3) is 11.5 Å². The van der Waals surface area contributed by atoms with Gasteiger partial charge in [-0.3, -0.25) is 10.1 Å². The first-order valence-corrected chi connectivity index (χ1v) is 11.9. The van der Waals surface area contributed by atoms with E-state index in [-0.39, 0.29) is 99.5 Å². The Morgan fingerprint density at radius 1 is 0.788 bits per heavy atom. The molecule has 2 aliphatic rings. The Labute approximate surface area is 270 Å². The number of aryl methyl sites for hydroxylation is 2. The first-order chi connectivity index (χ1) is 15.0. The third-order valence-corrected chi connectivity index (χ3v) is 6.59. The molecule has 0 fully saturated rings. The molecule has 2 radical (unpaired) electrons. The molecule has 0 spiro atoms. The smallest absolute Gasteiger partial charge is 0.255 e. The van der Waals surface area contributed by atoms with E-state index < -0.39 is 4.92 Å². The zero-order chi connectivity index (χ0) is 22.4. The summed E-state index contributed by atoms with van der Waals surface area (Å²) in [4.78, 5) is 10.5. The number of nitro benzene ring substituents is 1. The van der Waals surface area contributed by atoms with E-state index in [4.69, 9.17) is 11.5 Å². The van der Waals surface area contributed by atoms with Crippen LogP contribution in [0.2, 0.25) is 0 Å². The van der Waals surface area contributed by atoms with Crippen molar-refractivity contribution in [3.05, 3.63) is 73.2 Å². The van der Waals surface area contributed by atoms with Crippen LogP contribution in [-0.2, 0) is 38.5 Å². The van der Waals surface area contributed by atoms with Crippen molar-refractivity contribution in [1.29, 1.82) is 0 Å². The molecule has 0 aromatic heterocycles. The van der Waals surface area contributed by atoms with Gasteiger partial charge in [0.1, 0.15) is 0 Å². The topological polar surface area (TPSA) is 90.7 Å². The fourth-order valence-corrected chi connectivity index (χ4v) is 5.10. The fraction of sp³-hybridized carbons (Fsp3) is 0.538. The summed E-state index contributed by atoms with van der Waals surface area (Å²) in [6, 6.07) is 5.76. The second-order valence-corrected chi connectivity index (χ2v) is 8.79. The summed E-state index contributed by atoms with van der Waals surface area (Å²) >= 11 is 0. The molecule has 0 atom stereocenters. The molecule has 2 aromatic rings. The fourth-order valence-electron chi connectivity index (χ4n) is 5.10. The summed E-state index contributed by atoms with van der Waals surface area (Å²) in [5.41, 5.74) is 24.3. The van der Waals surface area contributed by atoms with Gasteiger partial charge in [0.2, 0.25) is 0 Å². The van der Waals surface area contributed by atoms with Crippen molar-refractivity contribution in [2.75, 3.05) is 0 Å². The summed E-state index contributed by atoms with van der Waals surface area (Å²) in [7, 11) is 0. The largest absolute Gasteiger partial charge is 0.698 e. The van der Waals surface area contributed by atoms with Crippen LogP contribution in [0.5, 0.6) is 0 Å². The van der Waals surface area contributed by atoms with Gasteiger partial charge in [-0.05, 0) is 86.5 Å². The molecule has 0 aliphatic heterocycles. The number of nitro groups is 1. The third kappa shape index (κ3) is 7.90. The molecule has 33 heavy (non-hydrogen) atoms. The normalized spacial score (nSPS) is 13.9. The molecule has 0 unspecified atom stereocenters. The second kappa shape index (κ2) is 15.4. The van der Waals surface area contributed by atoms with Crippen molar-refractivity contribution in [1.82, 2.24) is 0 Å². The minimum absolute atomic E-state index is 0. The van der Waals surface area contributed by atoms with E-state index in [2.05, 4.69) is 19.9 Å². The predicted octanol–water partition coefficient (Wildman–Crippen LogP) is 8.31. The van der Waals surface area contributed by atoms with Crippen LogP contribution in [0.3, 0.4) is 0 Å². The van der Waals surface area contributed by atoms with E-state index in [1.165, 1.54) is 54.4 Å². The standard InChI is InChI=1S/C13H17N2O2.C13H18N.2Ac/c1-2-5-9-8-12(15(16)17)13(14)11-7-4-3-6-10(9)11;1-2-5-10-8-9-13(14)12-7-4-3-6-11(10)12;;/h8,14H,2-7H2,1H3;8-9,14H,2-7H2,1H3;;/q2*-1;;. The molecular formula is C26H35Ac2N3O2-2. The summed E-state index contributed by atoms with van der Waals surface area (Å²) < 4.78 is 0. The van der Waals surface area contributed by atoms with E-state index in [0.717, 1.165) is 61.8 Å². The maximum Gasteiger partial charge on any atom is 0.255 e. The predicted molar refractivity (Wildman–Crippen MR) is 129 cm³/mol. The van der Waals surface area contributed by atoms with Crippen LogP contribution in [0.4, 0.5) is 17.1 Å². The van der Waals surface area contributed by atoms with Crippen LogP contribution in [0.1, 0.15) is 85.8 Å². The Hall–Kier alpha value is 0.323. The van der Waals surface area contributed by atoms with Gasteiger partial charge in [-0.15, -0.1) is 5.69 Å². The van der Waals surface area contributed by atoms with Crippen molar-refractivity contribution in [3.63, 3.8) is 0 Å². The number of nitrogens with zero attached hydrogens (tertiary/aromatic N) is 1. The van der Waals surface area contributed by atoms with E-state index in [1.54, 1.807) is 6.07 Å². The molecule has 2 aromatic carbocycles. The Morgan fingerprint density at radius 2 is 1.27 bits per heavy atom. The number of hydrogen-bond donors (Lipinski definition) is 0. The van der Waals surface area contributed by atoms with Crippen molar-refractivity contribution in [2.24, 2.45) is 0 Å².